The van der Waals surface area contributed by atoms with Crippen molar-refractivity contribution in [3.05, 3.63) is 57.0 Å². The highest BCUT2D eigenvalue weighted by molar-refractivity contribution is 7.10. The monoisotopic (exact) mass is 386 g/mol. The molecular formula is C18H18N4O2S2. The van der Waals surface area contributed by atoms with Crippen molar-refractivity contribution in [2.45, 2.75) is 19.4 Å². The average Bonchev–Trinajstić information content (AvgIpc) is 3.26. The van der Waals surface area contributed by atoms with Gasteiger partial charge in [0.25, 0.3) is 0 Å². The van der Waals surface area contributed by atoms with E-state index in [0.717, 1.165) is 21.1 Å². The first-order chi connectivity index (χ1) is 12.5. The summed E-state index contributed by atoms with van der Waals surface area (Å²) < 4.78 is 0. The fraction of sp³-hybridized carbons (Fsp3) is 0.167. The Hall–Kier alpha value is -2.71. The van der Waals surface area contributed by atoms with Gasteiger partial charge < -0.3 is 16.4 Å². The number of carbonyl (C=O) groups is 2. The van der Waals surface area contributed by atoms with Gasteiger partial charge in [-0.25, -0.2) is 9.78 Å². The molecular weight excluding hydrogens is 368 g/mol. The predicted molar refractivity (Wildman–Crippen MR) is 105 cm³/mol. The number of thiazole rings is 1. The van der Waals surface area contributed by atoms with Gasteiger partial charge in [-0.05, 0) is 30.5 Å². The second kappa shape index (κ2) is 8.11. The summed E-state index contributed by atoms with van der Waals surface area (Å²) in [7, 11) is 0. The predicted octanol–water partition coefficient (Wildman–Crippen LogP) is 3.92. The second-order valence-electron chi connectivity index (χ2n) is 5.66. The Labute approximate surface area is 159 Å². The SMILES string of the molecule is Cc1nc(-c2ccc(NC(=O)CC(NC(N)=O)c3cccs3)cc2)cs1. The number of nitrogens with two attached hydrogens (primary N) is 1. The Morgan fingerprint density at radius 3 is 2.54 bits per heavy atom. The number of rotatable bonds is 6. The molecule has 4 N–H and O–H groups in total. The van der Waals surface area contributed by atoms with Crippen LogP contribution >= 0.6 is 22.7 Å². The lowest BCUT2D eigenvalue weighted by molar-refractivity contribution is -0.116. The zero-order valence-corrected chi connectivity index (χ0v) is 15.7. The van der Waals surface area contributed by atoms with Crippen molar-refractivity contribution in [2.75, 3.05) is 5.32 Å². The number of thiophene rings is 1. The quantitative estimate of drug-likeness (QED) is 0.599. The molecule has 26 heavy (non-hydrogen) atoms. The second-order valence-corrected chi connectivity index (χ2v) is 7.70. The van der Waals surface area contributed by atoms with E-state index >= 15 is 0 Å². The molecule has 0 aliphatic heterocycles. The summed E-state index contributed by atoms with van der Waals surface area (Å²) in [4.78, 5) is 28.9. The largest absolute Gasteiger partial charge is 0.352 e. The molecule has 1 atom stereocenters. The normalized spacial score (nSPS) is 11.7. The molecule has 3 aromatic rings. The number of nitrogens with zero attached hydrogens (tertiary/aromatic N) is 1. The maximum atomic E-state index is 12.3. The van der Waals surface area contributed by atoms with Crippen LogP contribution in [0.15, 0.2) is 47.2 Å². The number of urea groups is 1. The molecule has 0 bridgehead atoms. The average molecular weight is 387 g/mol. The van der Waals surface area contributed by atoms with E-state index in [1.54, 1.807) is 11.3 Å². The van der Waals surface area contributed by atoms with Crippen molar-refractivity contribution in [2.24, 2.45) is 5.73 Å². The lowest BCUT2D eigenvalue weighted by Gasteiger charge is -2.16. The van der Waals surface area contributed by atoms with Crippen LogP contribution in [0, 0.1) is 6.92 Å². The highest BCUT2D eigenvalue weighted by Gasteiger charge is 2.18. The maximum Gasteiger partial charge on any atom is 0.312 e. The summed E-state index contributed by atoms with van der Waals surface area (Å²) in [6.07, 6.45) is 0.108. The fourth-order valence-corrected chi connectivity index (χ4v) is 3.90. The van der Waals surface area contributed by atoms with E-state index in [0.29, 0.717) is 5.69 Å². The third-order valence-electron chi connectivity index (χ3n) is 3.68. The molecule has 2 aromatic heterocycles. The summed E-state index contributed by atoms with van der Waals surface area (Å²) in [6.45, 7) is 1.97. The van der Waals surface area contributed by atoms with E-state index < -0.39 is 12.1 Å². The third-order valence-corrected chi connectivity index (χ3v) is 5.44. The lowest BCUT2D eigenvalue weighted by Crippen LogP contribution is -2.34. The minimum Gasteiger partial charge on any atom is -0.352 e. The smallest absolute Gasteiger partial charge is 0.312 e. The Morgan fingerprint density at radius 2 is 1.96 bits per heavy atom. The molecule has 0 aliphatic rings. The van der Waals surface area contributed by atoms with Crippen molar-refractivity contribution in [3.63, 3.8) is 0 Å². The minimum atomic E-state index is -0.654. The van der Waals surface area contributed by atoms with Crippen molar-refractivity contribution >= 4 is 40.3 Å². The minimum absolute atomic E-state index is 0.108. The summed E-state index contributed by atoms with van der Waals surface area (Å²) in [5.41, 5.74) is 7.83. The topological polar surface area (TPSA) is 97.1 Å². The number of aromatic nitrogens is 1. The Balaban J connectivity index is 1.64. The lowest BCUT2D eigenvalue weighted by atomic mass is 10.1. The number of amides is 3. The van der Waals surface area contributed by atoms with Gasteiger partial charge in [-0.2, -0.15) is 0 Å². The number of anilines is 1. The molecule has 0 fully saturated rings. The molecule has 0 radical (unpaired) electrons. The number of nitrogens with one attached hydrogen (secondary N) is 2. The number of aryl methyl sites for hydroxylation is 1. The molecule has 8 heteroatoms. The number of hydrogen-bond donors (Lipinski definition) is 3. The molecule has 1 unspecified atom stereocenters. The first-order valence-electron chi connectivity index (χ1n) is 7.93. The zero-order valence-electron chi connectivity index (χ0n) is 14.1. The van der Waals surface area contributed by atoms with Crippen LogP contribution in [0.4, 0.5) is 10.5 Å². The van der Waals surface area contributed by atoms with Gasteiger partial charge in [0, 0.05) is 21.5 Å². The molecule has 0 saturated carbocycles. The molecule has 1 aromatic carbocycles. The van der Waals surface area contributed by atoms with E-state index in [2.05, 4.69) is 15.6 Å². The number of hydrogen-bond acceptors (Lipinski definition) is 5. The van der Waals surface area contributed by atoms with Gasteiger partial charge >= 0.3 is 6.03 Å². The third kappa shape index (κ3) is 4.68. The van der Waals surface area contributed by atoms with Crippen LogP contribution in [-0.4, -0.2) is 16.9 Å². The van der Waals surface area contributed by atoms with Gasteiger partial charge in [0.05, 0.1) is 23.2 Å². The van der Waals surface area contributed by atoms with Gasteiger partial charge in [-0.1, -0.05) is 18.2 Å². The number of carbonyl (C=O) groups excluding carboxylic acids is 2. The van der Waals surface area contributed by atoms with E-state index in [1.807, 2.05) is 54.1 Å². The van der Waals surface area contributed by atoms with Gasteiger partial charge in [0.15, 0.2) is 0 Å². The van der Waals surface area contributed by atoms with E-state index in [-0.39, 0.29) is 12.3 Å². The van der Waals surface area contributed by atoms with E-state index in [1.165, 1.54) is 11.3 Å². The van der Waals surface area contributed by atoms with Gasteiger partial charge in [0.2, 0.25) is 5.91 Å². The molecule has 2 heterocycles. The van der Waals surface area contributed by atoms with Crippen LogP contribution < -0.4 is 16.4 Å². The Kier molecular flexibility index (Phi) is 5.65. The van der Waals surface area contributed by atoms with E-state index in [4.69, 9.17) is 5.73 Å². The molecule has 0 saturated heterocycles. The summed E-state index contributed by atoms with van der Waals surface area (Å²) in [5.74, 6) is -0.200. The van der Waals surface area contributed by atoms with Crippen molar-refractivity contribution in [1.29, 1.82) is 0 Å². The summed E-state index contributed by atoms with van der Waals surface area (Å²) in [5, 5.41) is 10.4. The first kappa shape index (κ1) is 18.1. The molecule has 0 spiro atoms. The van der Waals surface area contributed by atoms with Crippen LogP contribution in [0.2, 0.25) is 0 Å². The van der Waals surface area contributed by atoms with Crippen LogP contribution in [-0.2, 0) is 4.79 Å². The van der Waals surface area contributed by atoms with Crippen molar-refractivity contribution in [1.82, 2.24) is 10.3 Å². The van der Waals surface area contributed by atoms with Crippen molar-refractivity contribution in [3.8, 4) is 11.3 Å². The Bertz CT molecular complexity index is 888. The fourth-order valence-electron chi connectivity index (χ4n) is 2.50. The highest BCUT2D eigenvalue weighted by atomic mass is 32.1. The van der Waals surface area contributed by atoms with Gasteiger partial charge in [0.1, 0.15) is 0 Å². The molecule has 3 amide bonds. The molecule has 6 nitrogen and oxygen atoms in total. The number of primary amides is 1. The van der Waals surface area contributed by atoms with Crippen LogP contribution in [0.1, 0.15) is 22.3 Å². The van der Waals surface area contributed by atoms with Crippen LogP contribution in [0.25, 0.3) is 11.3 Å². The maximum absolute atomic E-state index is 12.3. The van der Waals surface area contributed by atoms with Gasteiger partial charge in [-0.15, -0.1) is 22.7 Å². The number of benzene rings is 1. The summed E-state index contributed by atoms with van der Waals surface area (Å²) in [6, 6.07) is 10.2. The molecule has 0 aliphatic carbocycles. The first-order valence-corrected chi connectivity index (χ1v) is 9.69. The standard InChI is InChI=1S/C18H18N4O2S2/c1-11-20-15(10-26-11)12-4-6-13(7-5-12)21-17(23)9-14(22-18(19)24)16-3-2-8-25-16/h2-8,10,14H,9H2,1H3,(H,21,23)(H3,19,22,24). The zero-order chi connectivity index (χ0) is 18.5. The Morgan fingerprint density at radius 1 is 1.19 bits per heavy atom. The van der Waals surface area contributed by atoms with Gasteiger partial charge in [-0.3, -0.25) is 4.79 Å². The molecule has 134 valence electrons. The van der Waals surface area contributed by atoms with E-state index in [9.17, 15) is 9.59 Å². The van der Waals surface area contributed by atoms with Crippen LogP contribution in [0.5, 0.6) is 0 Å². The summed E-state index contributed by atoms with van der Waals surface area (Å²) >= 11 is 3.07. The van der Waals surface area contributed by atoms with Crippen molar-refractivity contribution < 1.29 is 9.59 Å². The van der Waals surface area contributed by atoms with Crippen LogP contribution in [0.3, 0.4) is 0 Å². The molecule has 3 rings (SSSR count). The highest BCUT2D eigenvalue weighted by Crippen LogP contribution is 2.25.